The third-order valence-corrected chi connectivity index (χ3v) is 2.64. The number of nitrogens with one attached hydrogen (secondary N) is 2. The number of hydrogen-bond acceptors (Lipinski definition) is 2. The highest BCUT2D eigenvalue weighted by Crippen LogP contribution is 2.20. The number of para-hydroxylation sites is 1. The minimum atomic E-state index is -0.398. The number of carbonyl (C=O) groups excluding carboxylic acids is 1. The predicted octanol–water partition coefficient (Wildman–Crippen LogP) is 4.03. The topological polar surface area (TPSA) is 54.0 Å². The SMILES string of the molecule is O=C(Nc1ccnc(Cl)c1)Nc1ccccc1Cl. The van der Waals surface area contributed by atoms with Crippen molar-refractivity contribution < 1.29 is 4.79 Å². The van der Waals surface area contributed by atoms with Gasteiger partial charge in [-0.05, 0) is 24.3 Å². The Morgan fingerprint density at radius 1 is 1.11 bits per heavy atom. The third kappa shape index (κ3) is 3.35. The number of halogens is 2. The van der Waals surface area contributed by atoms with E-state index in [1.807, 2.05) is 0 Å². The summed E-state index contributed by atoms with van der Waals surface area (Å²) in [6.07, 6.45) is 1.51. The number of carbonyl (C=O) groups is 1. The lowest BCUT2D eigenvalue weighted by atomic mass is 10.3. The van der Waals surface area contributed by atoms with Gasteiger partial charge in [-0.2, -0.15) is 0 Å². The Kier molecular flexibility index (Phi) is 4.02. The summed E-state index contributed by atoms with van der Waals surface area (Å²) in [5.41, 5.74) is 1.09. The van der Waals surface area contributed by atoms with Crippen LogP contribution in [0.15, 0.2) is 42.6 Å². The summed E-state index contributed by atoms with van der Waals surface area (Å²) >= 11 is 11.6. The maximum Gasteiger partial charge on any atom is 0.323 e. The second kappa shape index (κ2) is 5.71. The maximum absolute atomic E-state index is 11.7. The molecule has 0 aliphatic heterocycles. The van der Waals surface area contributed by atoms with Gasteiger partial charge in [0.25, 0.3) is 0 Å². The van der Waals surface area contributed by atoms with Crippen molar-refractivity contribution in [3.05, 3.63) is 52.8 Å². The van der Waals surface area contributed by atoms with Gasteiger partial charge in [0.1, 0.15) is 5.15 Å². The van der Waals surface area contributed by atoms with Crippen LogP contribution in [-0.4, -0.2) is 11.0 Å². The van der Waals surface area contributed by atoms with Crippen LogP contribution in [0.25, 0.3) is 0 Å². The average molecular weight is 282 g/mol. The molecule has 0 aliphatic carbocycles. The monoisotopic (exact) mass is 281 g/mol. The number of anilines is 2. The largest absolute Gasteiger partial charge is 0.323 e. The number of urea groups is 1. The number of aromatic nitrogens is 1. The highest BCUT2D eigenvalue weighted by molar-refractivity contribution is 6.33. The predicted molar refractivity (Wildman–Crippen MR) is 73.3 cm³/mol. The van der Waals surface area contributed by atoms with E-state index in [4.69, 9.17) is 23.2 Å². The van der Waals surface area contributed by atoms with Crippen LogP contribution in [0.2, 0.25) is 10.2 Å². The fourth-order valence-corrected chi connectivity index (χ4v) is 1.68. The molecule has 0 radical (unpaired) electrons. The molecule has 0 aliphatic rings. The lowest BCUT2D eigenvalue weighted by Gasteiger charge is -2.08. The van der Waals surface area contributed by atoms with Crippen molar-refractivity contribution >= 4 is 40.6 Å². The Bertz CT molecular complexity index is 575. The Hall–Kier alpha value is -1.78. The zero-order valence-corrected chi connectivity index (χ0v) is 10.7. The smallest absolute Gasteiger partial charge is 0.308 e. The summed E-state index contributed by atoms with van der Waals surface area (Å²) in [6, 6.07) is 9.76. The molecule has 1 aromatic carbocycles. The van der Waals surface area contributed by atoms with Gasteiger partial charge >= 0.3 is 6.03 Å². The van der Waals surface area contributed by atoms with Gasteiger partial charge in [-0.3, -0.25) is 0 Å². The maximum atomic E-state index is 11.7. The number of benzene rings is 1. The number of rotatable bonds is 2. The summed E-state index contributed by atoms with van der Waals surface area (Å²) in [7, 11) is 0. The molecule has 18 heavy (non-hydrogen) atoms. The quantitative estimate of drug-likeness (QED) is 0.817. The summed E-state index contributed by atoms with van der Waals surface area (Å²) in [6.45, 7) is 0. The van der Waals surface area contributed by atoms with E-state index in [2.05, 4.69) is 15.6 Å². The Morgan fingerprint density at radius 2 is 1.89 bits per heavy atom. The minimum Gasteiger partial charge on any atom is -0.308 e. The molecule has 0 atom stereocenters. The average Bonchev–Trinajstić information content (AvgIpc) is 2.32. The van der Waals surface area contributed by atoms with E-state index in [0.717, 1.165) is 0 Å². The lowest BCUT2D eigenvalue weighted by Crippen LogP contribution is -2.19. The standard InChI is InChI=1S/C12H9Cl2N3O/c13-9-3-1-2-4-10(9)17-12(18)16-8-5-6-15-11(14)7-8/h1-7H,(H2,15,16,17,18). The van der Waals surface area contributed by atoms with Crippen LogP contribution < -0.4 is 10.6 Å². The number of amides is 2. The van der Waals surface area contributed by atoms with Crippen LogP contribution in [0.3, 0.4) is 0 Å². The Balaban J connectivity index is 2.03. The van der Waals surface area contributed by atoms with Gasteiger partial charge in [-0.15, -0.1) is 0 Å². The van der Waals surface area contributed by atoms with Gasteiger partial charge in [-0.25, -0.2) is 9.78 Å². The lowest BCUT2D eigenvalue weighted by molar-refractivity contribution is 0.262. The van der Waals surface area contributed by atoms with Crippen molar-refractivity contribution in [3.8, 4) is 0 Å². The molecular weight excluding hydrogens is 273 g/mol. The van der Waals surface area contributed by atoms with E-state index in [0.29, 0.717) is 21.6 Å². The molecule has 2 amide bonds. The van der Waals surface area contributed by atoms with Crippen molar-refractivity contribution in [2.24, 2.45) is 0 Å². The third-order valence-electron chi connectivity index (χ3n) is 2.11. The second-order valence-corrected chi connectivity index (χ2v) is 4.22. The molecule has 0 spiro atoms. The summed E-state index contributed by atoms with van der Waals surface area (Å²) in [4.78, 5) is 15.5. The number of nitrogens with zero attached hydrogens (tertiary/aromatic N) is 1. The van der Waals surface area contributed by atoms with Gasteiger partial charge in [0.05, 0.1) is 10.7 Å². The van der Waals surface area contributed by atoms with Gasteiger partial charge in [-0.1, -0.05) is 35.3 Å². The van der Waals surface area contributed by atoms with Gasteiger partial charge in [0, 0.05) is 11.9 Å². The fourth-order valence-electron chi connectivity index (χ4n) is 1.33. The van der Waals surface area contributed by atoms with E-state index in [1.54, 1.807) is 36.4 Å². The Labute approximate surface area is 114 Å². The van der Waals surface area contributed by atoms with Crippen molar-refractivity contribution in [2.75, 3.05) is 10.6 Å². The molecule has 6 heteroatoms. The molecule has 0 bridgehead atoms. The highest BCUT2D eigenvalue weighted by Gasteiger charge is 2.05. The Morgan fingerprint density at radius 3 is 2.61 bits per heavy atom. The van der Waals surface area contributed by atoms with Crippen LogP contribution in [0, 0.1) is 0 Å². The van der Waals surface area contributed by atoms with E-state index >= 15 is 0 Å². The van der Waals surface area contributed by atoms with Crippen LogP contribution >= 0.6 is 23.2 Å². The molecule has 2 N–H and O–H groups in total. The zero-order valence-electron chi connectivity index (χ0n) is 9.15. The van der Waals surface area contributed by atoms with Crippen LogP contribution in [-0.2, 0) is 0 Å². The minimum absolute atomic E-state index is 0.311. The van der Waals surface area contributed by atoms with Crippen molar-refractivity contribution in [3.63, 3.8) is 0 Å². The van der Waals surface area contributed by atoms with Crippen LogP contribution in [0.4, 0.5) is 16.2 Å². The number of pyridine rings is 1. The van der Waals surface area contributed by atoms with Crippen molar-refractivity contribution in [1.82, 2.24) is 4.98 Å². The van der Waals surface area contributed by atoms with E-state index < -0.39 is 6.03 Å². The number of hydrogen-bond donors (Lipinski definition) is 2. The molecule has 0 saturated carbocycles. The van der Waals surface area contributed by atoms with E-state index in [1.165, 1.54) is 6.20 Å². The molecule has 2 aromatic rings. The summed E-state index contributed by atoms with van der Waals surface area (Å²) in [5, 5.41) is 6.04. The fraction of sp³-hybridized carbons (Fsp3) is 0. The van der Waals surface area contributed by atoms with Crippen LogP contribution in [0.5, 0.6) is 0 Å². The van der Waals surface area contributed by atoms with Gasteiger partial charge < -0.3 is 10.6 Å². The van der Waals surface area contributed by atoms with E-state index in [9.17, 15) is 4.79 Å². The summed E-state index contributed by atoms with van der Waals surface area (Å²) in [5.74, 6) is 0. The zero-order chi connectivity index (χ0) is 13.0. The molecule has 4 nitrogen and oxygen atoms in total. The second-order valence-electron chi connectivity index (χ2n) is 3.43. The normalized spacial score (nSPS) is 9.89. The first-order valence-corrected chi connectivity index (χ1v) is 5.85. The first-order chi connectivity index (χ1) is 8.65. The van der Waals surface area contributed by atoms with Gasteiger partial charge in [0.15, 0.2) is 0 Å². The first-order valence-electron chi connectivity index (χ1n) is 5.09. The molecule has 2 rings (SSSR count). The van der Waals surface area contributed by atoms with Gasteiger partial charge in [0.2, 0.25) is 0 Å². The van der Waals surface area contributed by atoms with Crippen molar-refractivity contribution in [2.45, 2.75) is 0 Å². The molecule has 0 unspecified atom stereocenters. The summed E-state index contributed by atoms with van der Waals surface area (Å²) < 4.78 is 0. The molecule has 1 heterocycles. The van der Waals surface area contributed by atoms with Crippen molar-refractivity contribution in [1.29, 1.82) is 0 Å². The van der Waals surface area contributed by atoms with Crippen LogP contribution in [0.1, 0.15) is 0 Å². The molecular formula is C12H9Cl2N3O. The molecule has 1 aromatic heterocycles. The first kappa shape index (κ1) is 12.7. The highest BCUT2D eigenvalue weighted by atomic mass is 35.5. The molecule has 92 valence electrons. The molecule has 0 fully saturated rings. The van der Waals surface area contributed by atoms with E-state index in [-0.39, 0.29) is 0 Å². The molecule has 0 saturated heterocycles.